The number of fused-ring (bicyclic) bond motifs is 2. The van der Waals surface area contributed by atoms with Crippen molar-refractivity contribution in [2.75, 3.05) is 6.54 Å². The molecule has 0 radical (unpaired) electrons. The summed E-state index contributed by atoms with van der Waals surface area (Å²) in [5.74, 6) is 1.61. The first kappa shape index (κ1) is 18.5. The number of nitrogens with zero attached hydrogens (tertiary/aromatic N) is 2. The molecule has 0 aromatic heterocycles. The molecule has 6 atom stereocenters. The van der Waals surface area contributed by atoms with Gasteiger partial charge >= 0.3 is 0 Å². The lowest BCUT2D eigenvalue weighted by Gasteiger charge is -2.51. The molecular formula is C23H38N2O. The maximum Gasteiger partial charge on any atom is 0.210 e. The standard InChI is InChI=1S/C23H38N2O/c1-16-10-18(3)25-20(12-16)6-4-7-21(25)14-19-11-17(2)13-23-22(19)8-5-9-24(23)15-26/h15-18,20-21,23H,4-14H2,1-3H3. The Morgan fingerprint density at radius 1 is 1.04 bits per heavy atom. The van der Waals surface area contributed by atoms with Gasteiger partial charge in [0.05, 0.1) is 6.04 Å². The molecule has 0 aromatic rings. The van der Waals surface area contributed by atoms with Crippen LogP contribution in [0.1, 0.15) is 85.0 Å². The Labute approximate surface area is 160 Å². The van der Waals surface area contributed by atoms with Crippen molar-refractivity contribution in [1.29, 1.82) is 0 Å². The zero-order valence-electron chi connectivity index (χ0n) is 17.1. The molecule has 4 rings (SSSR count). The molecule has 26 heavy (non-hydrogen) atoms. The molecule has 0 spiro atoms. The molecule has 3 aliphatic heterocycles. The molecule has 6 unspecified atom stereocenters. The van der Waals surface area contributed by atoms with Gasteiger partial charge in [-0.25, -0.2) is 0 Å². The van der Waals surface area contributed by atoms with E-state index in [-0.39, 0.29) is 0 Å². The zero-order chi connectivity index (χ0) is 18.3. The second-order valence-corrected chi connectivity index (χ2v) is 9.95. The highest BCUT2D eigenvalue weighted by atomic mass is 16.1. The Hall–Kier alpha value is -0.830. The minimum atomic E-state index is 0.415. The van der Waals surface area contributed by atoms with Crippen LogP contribution < -0.4 is 0 Å². The summed E-state index contributed by atoms with van der Waals surface area (Å²) < 4.78 is 0. The van der Waals surface area contributed by atoms with Gasteiger partial charge in [-0.05, 0) is 82.1 Å². The van der Waals surface area contributed by atoms with Gasteiger partial charge in [0.2, 0.25) is 6.41 Å². The van der Waals surface area contributed by atoms with Crippen molar-refractivity contribution in [1.82, 2.24) is 9.80 Å². The first-order chi connectivity index (χ1) is 12.6. The average Bonchev–Trinajstić information content (AvgIpc) is 2.60. The molecule has 4 aliphatic rings. The smallest absolute Gasteiger partial charge is 0.210 e. The fraction of sp³-hybridized carbons (Fsp3) is 0.870. The van der Waals surface area contributed by atoms with Crippen molar-refractivity contribution >= 4 is 6.41 Å². The Morgan fingerprint density at radius 2 is 1.88 bits per heavy atom. The number of hydrogen-bond acceptors (Lipinski definition) is 2. The third-order valence-corrected chi connectivity index (χ3v) is 7.80. The summed E-state index contributed by atoms with van der Waals surface area (Å²) in [7, 11) is 0. The highest BCUT2D eigenvalue weighted by molar-refractivity contribution is 5.50. The monoisotopic (exact) mass is 358 g/mol. The Balaban J connectivity index is 1.56. The number of hydrogen-bond donors (Lipinski definition) is 0. The van der Waals surface area contributed by atoms with Crippen molar-refractivity contribution in [2.24, 2.45) is 11.8 Å². The second kappa shape index (κ2) is 7.66. The van der Waals surface area contributed by atoms with Gasteiger partial charge in [-0.2, -0.15) is 0 Å². The number of amides is 1. The van der Waals surface area contributed by atoms with Crippen molar-refractivity contribution in [3.8, 4) is 0 Å². The van der Waals surface area contributed by atoms with E-state index in [1.807, 2.05) is 0 Å². The fourth-order valence-corrected chi connectivity index (χ4v) is 6.92. The zero-order valence-corrected chi connectivity index (χ0v) is 17.1. The third-order valence-electron chi connectivity index (χ3n) is 7.80. The number of carbonyl (C=O) groups is 1. The summed E-state index contributed by atoms with van der Waals surface area (Å²) in [5, 5.41) is 0. The van der Waals surface area contributed by atoms with Crippen molar-refractivity contribution in [3.63, 3.8) is 0 Å². The van der Waals surface area contributed by atoms with Gasteiger partial charge in [0.1, 0.15) is 0 Å². The highest BCUT2D eigenvalue weighted by Crippen LogP contribution is 2.43. The molecule has 0 bridgehead atoms. The Morgan fingerprint density at radius 3 is 2.69 bits per heavy atom. The quantitative estimate of drug-likeness (QED) is 0.536. The lowest BCUT2D eigenvalue weighted by Crippen LogP contribution is -2.55. The van der Waals surface area contributed by atoms with E-state index in [9.17, 15) is 4.79 Å². The molecule has 0 saturated carbocycles. The molecule has 3 fully saturated rings. The molecule has 3 nitrogen and oxygen atoms in total. The molecule has 146 valence electrons. The summed E-state index contributed by atoms with van der Waals surface area (Å²) in [6.07, 6.45) is 14.2. The van der Waals surface area contributed by atoms with Crippen LogP contribution in [0.15, 0.2) is 11.1 Å². The summed E-state index contributed by atoms with van der Waals surface area (Å²) in [4.78, 5) is 16.6. The SMILES string of the molecule is CC1CC(CC2CCCC3CC(C)CC(C)N23)=C2CCCN(C=O)C2C1. The molecule has 1 amide bonds. The molecule has 1 aliphatic carbocycles. The van der Waals surface area contributed by atoms with Crippen LogP contribution in [0.5, 0.6) is 0 Å². The molecule has 3 heterocycles. The van der Waals surface area contributed by atoms with Crippen LogP contribution in [0.2, 0.25) is 0 Å². The van der Waals surface area contributed by atoms with Crippen LogP contribution in [0, 0.1) is 11.8 Å². The predicted molar refractivity (Wildman–Crippen MR) is 107 cm³/mol. The lowest BCUT2D eigenvalue weighted by atomic mass is 9.73. The molecular weight excluding hydrogens is 320 g/mol. The third kappa shape index (κ3) is 3.48. The highest BCUT2D eigenvalue weighted by Gasteiger charge is 2.40. The van der Waals surface area contributed by atoms with E-state index in [2.05, 4.69) is 30.6 Å². The number of rotatable bonds is 3. The maximum absolute atomic E-state index is 11.6. The van der Waals surface area contributed by atoms with E-state index >= 15 is 0 Å². The van der Waals surface area contributed by atoms with Crippen LogP contribution in [0.25, 0.3) is 0 Å². The number of likely N-dealkylation sites (tertiary alicyclic amines) is 1. The van der Waals surface area contributed by atoms with Crippen LogP contribution >= 0.6 is 0 Å². The van der Waals surface area contributed by atoms with E-state index in [1.54, 1.807) is 11.1 Å². The van der Waals surface area contributed by atoms with Gasteiger partial charge in [-0.3, -0.25) is 9.69 Å². The Kier molecular flexibility index (Phi) is 5.46. The van der Waals surface area contributed by atoms with Crippen molar-refractivity contribution in [3.05, 3.63) is 11.1 Å². The minimum absolute atomic E-state index is 0.415. The normalized spacial score (nSPS) is 41.6. The van der Waals surface area contributed by atoms with Gasteiger partial charge in [-0.15, -0.1) is 0 Å². The summed E-state index contributed by atoms with van der Waals surface area (Å²) >= 11 is 0. The maximum atomic E-state index is 11.6. The van der Waals surface area contributed by atoms with E-state index in [0.717, 1.165) is 49.3 Å². The molecule has 3 heteroatoms. The first-order valence-corrected chi connectivity index (χ1v) is 11.3. The van der Waals surface area contributed by atoms with E-state index in [1.165, 1.54) is 57.8 Å². The van der Waals surface area contributed by atoms with Crippen LogP contribution in [0.4, 0.5) is 0 Å². The van der Waals surface area contributed by atoms with Crippen LogP contribution in [-0.4, -0.2) is 46.9 Å². The first-order valence-electron chi connectivity index (χ1n) is 11.3. The molecule has 3 saturated heterocycles. The van der Waals surface area contributed by atoms with Gasteiger partial charge in [0, 0.05) is 24.7 Å². The van der Waals surface area contributed by atoms with Gasteiger partial charge in [0.25, 0.3) is 0 Å². The summed E-state index contributed by atoms with van der Waals surface area (Å²) in [5.41, 5.74) is 3.39. The average molecular weight is 359 g/mol. The second-order valence-electron chi connectivity index (χ2n) is 9.95. The van der Waals surface area contributed by atoms with E-state index in [0.29, 0.717) is 6.04 Å². The Bertz CT molecular complexity index is 556. The van der Waals surface area contributed by atoms with Crippen molar-refractivity contribution in [2.45, 2.75) is 109 Å². The molecule has 0 N–H and O–H groups in total. The molecule has 0 aromatic carbocycles. The van der Waals surface area contributed by atoms with Gasteiger partial charge < -0.3 is 4.90 Å². The van der Waals surface area contributed by atoms with E-state index in [4.69, 9.17) is 0 Å². The minimum Gasteiger partial charge on any atom is -0.339 e. The predicted octanol–water partition coefficient (Wildman–Crippen LogP) is 4.77. The topological polar surface area (TPSA) is 23.6 Å². The van der Waals surface area contributed by atoms with Crippen molar-refractivity contribution < 1.29 is 4.79 Å². The summed E-state index contributed by atoms with van der Waals surface area (Å²) in [6, 6.07) is 2.73. The largest absolute Gasteiger partial charge is 0.339 e. The van der Waals surface area contributed by atoms with Crippen LogP contribution in [0.3, 0.4) is 0 Å². The summed E-state index contributed by atoms with van der Waals surface area (Å²) in [6.45, 7) is 8.28. The lowest BCUT2D eigenvalue weighted by molar-refractivity contribution is -0.120. The van der Waals surface area contributed by atoms with Gasteiger partial charge in [-0.1, -0.05) is 25.8 Å². The fourth-order valence-electron chi connectivity index (χ4n) is 6.92. The van der Waals surface area contributed by atoms with E-state index < -0.39 is 0 Å². The number of carbonyl (C=O) groups excluding carboxylic acids is 1. The van der Waals surface area contributed by atoms with Crippen LogP contribution in [-0.2, 0) is 4.79 Å². The number of piperidine rings is 3. The van der Waals surface area contributed by atoms with Gasteiger partial charge in [0.15, 0.2) is 0 Å².